The molecule has 0 unspecified atom stereocenters. The van der Waals surface area contributed by atoms with E-state index in [9.17, 15) is 0 Å². The second-order valence-corrected chi connectivity index (χ2v) is 4.31. The molecule has 0 bridgehead atoms. The second-order valence-electron chi connectivity index (χ2n) is 2.99. The maximum atomic E-state index is 5.95. The maximum Gasteiger partial charge on any atom is 0.0390 e. The van der Waals surface area contributed by atoms with Crippen molar-refractivity contribution in [2.45, 2.75) is 25.8 Å². The summed E-state index contributed by atoms with van der Waals surface area (Å²) in [4.78, 5) is 2.61. The molecule has 68 valence electrons. The third-order valence-corrected chi connectivity index (χ3v) is 2.98. The van der Waals surface area contributed by atoms with E-state index in [1.807, 2.05) is 0 Å². The van der Waals surface area contributed by atoms with Gasteiger partial charge in [0.15, 0.2) is 0 Å². The van der Waals surface area contributed by atoms with Gasteiger partial charge in [-0.3, -0.25) is 0 Å². The van der Waals surface area contributed by atoms with Crippen LogP contribution in [0.15, 0.2) is 12.1 Å². The van der Waals surface area contributed by atoms with Gasteiger partial charge >= 0.3 is 0 Å². The fourth-order valence-corrected chi connectivity index (χ4v) is 2.05. The van der Waals surface area contributed by atoms with Crippen molar-refractivity contribution in [1.29, 1.82) is 0 Å². The molecule has 0 aliphatic heterocycles. The van der Waals surface area contributed by atoms with E-state index in [-0.39, 0.29) is 6.04 Å². The van der Waals surface area contributed by atoms with Gasteiger partial charge in [-0.1, -0.05) is 0 Å². The Kier molecular flexibility index (Phi) is 3.72. The minimum atomic E-state index is 0.187. The molecule has 1 rings (SSSR count). The van der Waals surface area contributed by atoms with Gasteiger partial charge in [-0.2, -0.15) is 0 Å². The molecule has 12 heavy (non-hydrogen) atoms. The number of rotatable bonds is 4. The van der Waals surface area contributed by atoms with Gasteiger partial charge < -0.3 is 11.5 Å². The number of hydrogen-bond donors (Lipinski definition) is 2. The van der Waals surface area contributed by atoms with E-state index in [1.165, 1.54) is 9.75 Å². The topological polar surface area (TPSA) is 52.0 Å². The standard InChI is InChI=1S/C9H16N2S/c1-7-4-5-9(12-7)8(11)3-2-6-10/h4-5,8H,2-3,6,10-11H2,1H3/t8-/m1/s1. The lowest BCUT2D eigenvalue weighted by Crippen LogP contribution is -2.10. The summed E-state index contributed by atoms with van der Waals surface area (Å²) >= 11 is 1.78. The average molecular weight is 184 g/mol. The molecule has 2 nitrogen and oxygen atoms in total. The van der Waals surface area contributed by atoms with Crippen LogP contribution in [-0.2, 0) is 0 Å². The van der Waals surface area contributed by atoms with Crippen LogP contribution >= 0.6 is 11.3 Å². The molecule has 0 aliphatic rings. The van der Waals surface area contributed by atoms with Gasteiger partial charge in [0.2, 0.25) is 0 Å². The van der Waals surface area contributed by atoms with Crippen LogP contribution in [0.25, 0.3) is 0 Å². The van der Waals surface area contributed by atoms with E-state index in [0.29, 0.717) is 0 Å². The summed E-state index contributed by atoms with van der Waals surface area (Å²) in [5.74, 6) is 0. The molecule has 1 heterocycles. The summed E-state index contributed by atoms with van der Waals surface area (Å²) in [5, 5.41) is 0. The average Bonchev–Trinajstić information content (AvgIpc) is 2.47. The first-order valence-electron chi connectivity index (χ1n) is 4.26. The zero-order chi connectivity index (χ0) is 8.97. The minimum Gasteiger partial charge on any atom is -0.330 e. The lowest BCUT2D eigenvalue weighted by molar-refractivity contribution is 0.626. The molecular formula is C9H16N2S. The van der Waals surface area contributed by atoms with Gasteiger partial charge in [-0.15, -0.1) is 11.3 Å². The smallest absolute Gasteiger partial charge is 0.0390 e. The Balaban J connectivity index is 2.47. The van der Waals surface area contributed by atoms with Crippen LogP contribution in [0.4, 0.5) is 0 Å². The monoisotopic (exact) mass is 184 g/mol. The van der Waals surface area contributed by atoms with E-state index >= 15 is 0 Å². The second kappa shape index (κ2) is 4.60. The lowest BCUT2D eigenvalue weighted by atomic mass is 10.1. The summed E-state index contributed by atoms with van der Waals surface area (Å²) in [5.41, 5.74) is 11.4. The normalized spacial score (nSPS) is 13.2. The van der Waals surface area contributed by atoms with Gasteiger partial charge in [-0.05, 0) is 38.4 Å². The van der Waals surface area contributed by atoms with Crippen molar-refractivity contribution in [1.82, 2.24) is 0 Å². The Labute approximate surface area is 77.6 Å². The van der Waals surface area contributed by atoms with Crippen LogP contribution in [0.3, 0.4) is 0 Å². The first-order valence-corrected chi connectivity index (χ1v) is 5.07. The molecule has 1 aromatic heterocycles. The lowest BCUT2D eigenvalue weighted by Gasteiger charge is -2.07. The third kappa shape index (κ3) is 2.59. The van der Waals surface area contributed by atoms with Crippen LogP contribution in [0, 0.1) is 6.92 Å². The zero-order valence-corrected chi connectivity index (χ0v) is 8.23. The first kappa shape index (κ1) is 9.71. The molecule has 1 atom stereocenters. The Bertz CT molecular complexity index is 232. The van der Waals surface area contributed by atoms with E-state index in [0.717, 1.165) is 19.4 Å². The molecule has 4 N–H and O–H groups in total. The van der Waals surface area contributed by atoms with Gasteiger partial charge in [0.1, 0.15) is 0 Å². The number of thiophene rings is 1. The van der Waals surface area contributed by atoms with Crippen molar-refractivity contribution in [2.24, 2.45) is 11.5 Å². The highest BCUT2D eigenvalue weighted by Gasteiger charge is 2.06. The van der Waals surface area contributed by atoms with E-state index in [2.05, 4.69) is 19.1 Å². The molecule has 3 heteroatoms. The number of aryl methyl sites for hydroxylation is 1. The highest BCUT2D eigenvalue weighted by Crippen LogP contribution is 2.23. The van der Waals surface area contributed by atoms with Crippen molar-refractivity contribution in [3.63, 3.8) is 0 Å². The Hall–Kier alpha value is -0.380. The predicted octanol–water partition coefficient (Wildman–Crippen LogP) is 1.80. The van der Waals surface area contributed by atoms with Crippen LogP contribution < -0.4 is 11.5 Å². The summed E-state index contributed by atoms with van der Waals surface area (Å²) in [7, 11) is 0. The first-order chi connectivity index (χ1) is 5.74. The van der Waals surface area contributed by atoms with E-state index < -0.39 is 0 Å². The highest BCUT2D eigenvalue weighted by molar-refractivity contribution is 7.12. The molecule has 0 saturated carbocycles. The molecule has 0 saturated heterocycles. The minimum absolute atomic E-state index is 0.187. The van der Waals surface area contributed by atoms with Crippen molar-refractivity contribution in [2.75, 3.05) is 6.54 Å². The van der Waals surface area contributed by atoms with Gasteiger partial charge in [0.05, 0.1) is 0 Å². The van der Waals surface area contributed by atoms with Crippen molar-refractivity contribution in [3.8, 4) is 0 Å². The highest BCUT2D eigenvalue weighted by atomic mass is 32.1. The molecule has 0 aromatic carbocycles. The molecule has 0 aliphatic carbocycles. The molecule has 1 aromatic rings. The quantitative estimate of drug-likeness (QED) is 0.749. The van der Waals surface area contributed by atoms with Crippen LogP contribution in [0.1, 0.15) is 28.6 Å². The van der Waals surface area contributed by atoms with Gasteiger partial charge in [-0.25, -0.2) is 0 Å². The summed E-state index contributed by atoms with van der Waals surface area (Å²) in [6.07, 6.45) is 2.01. The SMILES string of the molecule is Cc1ccc([C@H](N)CCCN)s1. The predicted molar refractivity (Wildman–Crippen MR) is 54.3 cm³/mol. The number of hydrogen-bond acceptors (Lipinski definition) is 3. The Morgan fingerprint density at radius 2 is 2.25 bits per heavy atom. The largest absolute Gasteiger partial charge is 0.330 e. The van der Waals surface area contributed by atoms with Crippen LogP contribution in [0.5, 0.6) is 0 Å². The fraction of sp³-hybridized carbons (Fsp3) is 0.556. The van der Waals surface area contributed by atoms with Gasteiger partial charge in [0.25, 0.3) is 0 Å². The Morgan fingerprint density at radius 3 is 2.75 bits per heavy atom. The van der Waals surface area contributed by atoms with E-state index in [1.54, 1.807) is 11.3 Å². The number of nitrogens with two attached hydrogens (primary N) is 2. The molecule has 0 spiro atoms. The van der Waals surface area contributed by atoms with Crippen LogP contribution in [-0.4, -0.2) is 6.54 Å². The Morgan fingerprint density at radius 1 is 1.50 bits per heavy atom. The fourth-order valence-electron chi connectivity index (χ4n) is 1.13. The molecule has 0 amide bonds. The van der Waals surface area contributed by atoms with Crippen LogP contribution in [0.2, 0.25) is 0 Å². The van der Waals surface area contributed by atoms with Gasteiger partial charge in [0, 0.05) is 15.8 Å². The van der Waals surface area contributed by atoms with E-state index in [4.69, 9.17) is 11.5 Å². The third-order valence-electron chi connectivity index (χ3n) is 1.85. The van der Waals surface area contributed by atoms with Crippen molar-refractivity contribution < 1.29 is 0 Å². The van der Waals surface area contributed by atoms with Crippen molar-refractivity contribution >= 4 is 11.3 Å². The van der Waals surface area contributed by atoms with Crippen molar-refractivity contribution in [3.05, 3.63) is 21.9 Å². The summed E-state index contributed by atoms with van der Waals surface area (Å²) in [6.45, 7) is 2.84. The maximum absolute atomic E-state index is 5.95. The summed E-state index contributed by atoms with van der Waals surface area (Å²) in [6, 6.07) is 4.41. The summed E-state index contributed by atoms with van der Waals surface area (Å²) < 4.78 is 0. The molecular weight excluding hydrogens is 168 g/mol. The molecule has 0 fully saturated rings. The zero-order valence-electron chi connectivity index (χ0n) is 7.42. The molecule has 0 radical (unpaired) electrons.